The van der Waals surface area contributed by atoms with Gasteiger partial charge in [-0.15, -0.1) is 0 Å². The number of amides is 3. The van der Waals surface area contributed by atoms with Crippen LogP contribution in [0.1, 0.15) is 46.5 Å². The summed E-state index contributed by atoms with van der Waals surface area (Å²) in [4.78, 5) is 59.9. The van der Waals surface area contributed by atoms with E-state index in [0.717, 1.165) is 0 Å². The molecule has 0 bridgehead atoms. The molecule has 9 heteroatoms. The number of rotatable bonds is 9. The zero-order valence-electron chi connectivity index (χ0n) is 15.4. The lowest BCUT2D eigenvalue weighted by atomic mass is 10.1. The van der Waals surface area contributed by atoms with Gasteiger partial charge in [-0.05, 0) is 33.1 Å². The lowest BCUT2D eigenvalue weighted by Gasteiger charge is -2.25. The van der Waals surface area contributed by atoms with Crippen LogP contribution in [0.3, 0.4) is 0 Å². The highest BCUT2D eigenvalue weighted by atomic mass is 16.6. The van der Waals surface area contributed by atoms with Gasteiger partial charge in [0.1, 0.15) is 12.6 Å². The van der Waals surface area contributed by atoms with E-state index in [-0.39, 0.29) is 18.9 Å². The Balaban J connectivity index is 2.63. The number of carbonyl (C=O) groups excluding carboxylic acids is 5. The maximum atomic E-state index is 12.5. The summed E-state index contributed by atoms with van der Waals surface area (Å²) in [5.74, 6) is -1.56. The fourth-order valence-electron chi connectivity index (χ4n) is 2.77. The van der Waals surface area contributed by atoms with E-state index in [1.807, 2.05) is 6.92 Å². The number of hydrogen-bond donors (Lipinski definition) is 2. The number of likely N-dealkylation sites (tertiary alicyclic amines) is 1. The van der Waals surface area contributed by atoms with Gasteiger partial charge in [-0.2, -0.15) is 0 Å². The number of alkyl carbamates (subject to hydrolysis) is 1. The SMILES string of the molecule is CCCC(NC(=O)[C@@H]1CCCN1C(=O)CNC(=O)OC(C)C)C(=O)C=O. The third kappa shape index (κ3) is 6.45. The van der Waals surface area contributed by atoms with Gasteiger partial charge >= 0.3 is 6.09 Å². The van der Waals surface area contributed by atoms with Gasteiger partial charge in [-0.1, -0.05) is 13.3 Å². The first-order chi connectivity index (χ1) is 12.3. The van der Waals surface area contributed by atoms with Crippen molar-refractivity contribution in [1.82, 2.24) is 15.5 Å². The van der Waals surface area contributed by atoms with Crippen molar-refractivity contribution in [1.29, 1.82) is 0 Å². The second kappa shape index (κ2) is 10.5. The van der Waals surface area contributed by atoms with Crippen molar-refractivity contribution in [3.8, 4) is 0 Å². The molecule has 0 aliphatic carbocycles. The summed E-state index contributed by atoms with van der Waals surface area (Å²) in [6.07, 6.45) is 1.27. The van der Waals surface area contributed by atoms with Crippen molar-refractivity contribution < 1.29 is 28.7 Å². The fourth-order valence-corrected chi connectivity index (χ4v) is 2.77. The standard InChI is InChI=1S/C17H27N3O6/c1-4-6-12(14(22)10-21)19-16(24)13-7-5-8-20(13)15(23)9-18-17(25)26-11(2)3/h10-13H,4-9H2,1-3H3,(H,18,25)(H,19,24)/t12?,13-/m0/s1. The van der Waals surface area contributed by atoms with Crippen molar-refractivity contribution in [3.05, 3.63) is 0 Å². The Labute approximate surface area is 152 Å². The van der Waals surface area contributed by atoms with Crippen LogP contribution < -0.4 is 10.6 Å². The van der Waals surface area contributed by atoms with E-state index in [1.54, 1.807) is 13.8 Å². The Morgan fingerprint density at radius 1 is 1.27 bits per heavy atom. The molecule has 1 saturated heterocycles. The summed E-state index contributed by atoms with van der Waals surface area (Å²) in [5.41, 5.74) is 0. The molecular formula is C17H27N3O6. The second-order valence-corrected chi connectivity index (χ2v) is 6.42. The largest absolute Gasteiger partial charge is 0.447 e. The third-order valence-electron chi connectivity index (χ3n) is 3.96. The number of aldehydes is 1. The lowest BCUT2D eigenvalue weighted by Crippen LogP contribution is -2.52. The highest BCUT2D eigenvalue weighted by Gasteiger charge is 2.35. The molecule has 0 aromatic heterocycles. The van der Waals surface area contributed by atoms with Crippen LogP contribution >= 0.6 is 0 Å². The van der Waals surface area contributed by atoms with E-state index < -0.39 is 35.8 Å². The van der Waals surface area contributed by atoms with Crippen molar-refractivity contribution in [2.75, 3.05) is 13.1 Å². The summed E-state index contributed by atoms with van der Waals surface area (Å²) in [6, 6.07) is -1.59. The summed E-state index contributed by atoms with van der Waals surface area (Å²) in [5, 5.41) is 4.91. The Morgan fingerprint density at radius 2 is 1.96 bits per heavy atom. The molecule has 2 atom stereocenters. The van der Waals surface area contributed by atoms with E-state index in [1.165, 1.54) is 4.90 Å². The molecule has 26 heavy (non-hydrogen) atoms. The molecule has 0 spiro atoms. The molecule has 0 aromatic carbocycles. The number of hydrogen-bond acceptors (Lipinski definition) is 6. The molecule has 1 fully saturated rings. The van der Waals surface area contributed by atoms with Gasteiger partial charge in [0, 0.05) is 6.54 Å². The van der Waals surface area contributed by atoms with Crippen LogP contribution in [0.25, 0.3) is 0 Å². The molecule has 1 aliphatic rings. The quantitative estimate of drug-likeness (QED) is 0.441. The molecule has 1 aliphatic heterocycles. The zero-order valence-corrected chi connectivity index (χ0v) is 15.4. The second-order valence-electron chi connectivity index (χ2n) is 6.42. The highest BCUT2D eigenvalue weighted by Crippen LogP contribution is 2.18. The molecule has 0 radical (unpaired) electrons. The Morgan fingerprint density at radius 3 is 2.54 bits per heavy atom. The van der Waals surface area contributed by atoms with E-state index >= 15 is 0 Å². The van der Waals surface area contributed by atoms with Gasteiger partial charge in [-0.3, -0.25) is 19.2 Å². The third-order valence-corrected chi connectivity index (χ3v) is 3.96. The molecule has 9 nitrogen and oxygen atoms in total. The Kier molecular flexibility index (Phi) is 8.74. The van der Waals surface area contributed by atoms with Gasteiger partial charge in [0.25, 0.3) is 0 Å². The summed E-state index contributed by atoms with van der Waals surface area (Å²) < 4.78 is 4.89. The van der Waals surface area contributed by atoms with Gasteiger partial charge in [-0.25, -0.2) is 4.79 Å². The Hall–Kier alpha value is -2.45. The van der Waals surface area contributed by atoms with Crippen molar-refractivity contribution in [3.63, 3.8) is 0 Å². The average Bonchev–Trinajstić information content (AvgIpc) is 3.07. The van der Waals surface area contributed by atoms with Crippen molar-refractivity contribution >= 4 is 30.0 Å². The highest BCUT2D eigenvalue weighted by molar-refractivity contribution is 6.28. The van der Waals surface area contributed by atoms with Crippen LogP contribution in [-0.4, -0.2) is 66.2 Å². The van der Waals surface area contributed by atoms with Crippen LogP contribution in [-0.2, 0) is 23.9 Å². The average molecular weight is 369 g/mol. The molecule has 2 N–H and O–H groups in total. The number of nitrogens with zero attached hydrogens (tertiary/aromatic N) is 1. The van der Waals surface area contributed by atoms with Crippen LogP contribution in [0.15, 0.2) is 0 Å². The zero-order chi connectivity index (χ0) is 19.7. The predicted molar refractivity (Wildman–Crippen MR) is 92.3 cm³/mol. The van der Waals surface area contributed by atoms with Crippen LogP contribution in [0.5, 0.6) is 0 Å². The monoisotopic (exact) mass is 369 g/mol. The van der Waals surface area contributed by atoms with Crippen LogP contribution in [0.4, 0.5) is 4.79 Å². The maximum absolute atomic E-state index is 12.5. The van der Waals surface area contributed by atoms with E-state index in [4.69, 9.17) is 4.74 Å². The van der Waals surface area contributed by atoms with Crippen LogP contribution in [0.2, 0.25) is 0 Å². The topological polar surface area (TPSA) is 122 Å². The predicted octanol–water partition coefficient (Wildman–Crippen LogP) is 0.165. The van der Waals surface area contributed by atoms with Gasteiger partial charge in [0.05, 0.1) is 12.1 Å². The normalized spacial score (nSPS) is 17.5. The van der Waals surface area contributed by atoms with E-state index in [9.17, 15) is 24.0 Å². The first-order valence-corrected chi connectivity index (χ1v) is 8.83. The minimum absolute atomic E-state index is 0.197. The number of ketones is 1. The maximum Gasteiger partial charge on any atom is 0.407 e. The molecule has 1 heterocycles. The first-order valence-electron chi connectivity index (χ1n) is 8.83. The minimum Gasteiger partial charge on any atom is -0.447 e. The van der Waals surface area contributed by atoms with Gasteiger partial charge in [0.2, 0.25) is 17.6 Å². The summed E-state index contributed by atoms with van der Waals surface area (Å²) in [7, 11) is 0. The lowest BCUT2D eigenvalue weighted by molar-refractivity contribution is -0.139. The molecule has 3 amide bonds. The van der Waals surface area contributed by atoms with Crippen molar-refractivity contribution in [2.45, 2.75) is 64.6 Å². The molecule has 1 rings (SSSR count). The number of Topliss-reactive ketones (excluding diaryl/α,β-unsaturated/α-hetero) is 1. The van der Waals surface area contributed by atoms with E-state index in [2.05, 4.69) is 10.6 Å². The summed E-state index contributed by atoms with van der Waals surface area (Å²) in [6.45, 7) is 5.33. The fraction of sp³-hybridized carbons (Fsp3) is 0.706. The van der Waals surface area contributed by atoms with Gasteiger partial charge < -0.3 is 20.3 Å². The molecule has 146 valence electrons. The number of carbonyl (C=O) groups is 5. The first kappa shape index (κ1) is 21.6. The van der Waals surface area contributed by atoms with Crippen LogP contribution in [0, 0.1) is 0 Å². The molecule has 1 unspecified atom stereocenters. The number of ether oxygens (including phenoxy) is 1. The molecule has 0 saturated carbocycles. The minimum atomic E-state index is -0.873. The summed E-state index contributed by atoms with van der Waals surface area (Å²) >= 11 is 0. The Bertz CT molecular complexity index is 549. The number of nitrogens with one attached hydrogen (secondary N) is 2. The molecule has 0 aromatic rings. The molecular weight excluding hydrogens is 342 g/mol. The van der Waals surface area contributed by atoms with E-state index in [0.29, 0.717) is 32.2 Å². The smallest absolute Gasteiger partial charge is 0.407 e. The van der Waals surface area contributed by atoms with Crippen molar-refractivity contribution in [2.24, 2.45) is 0 Å². The van der Waals surface area contributed by atoms with Gasteiger partial charge in [0.15, 0.2) is 6.29 Å².